The number of amides is 1. The predicted octanol–water partition coefficient (Wildman–Crippen LogP) is 1.44. The Morgan fingerprint density at radius 3 is 3.16 bits per heavy atom. The van der Waals surface area contributed by atoms with E-state index < -0.39 is 0 Å². The fourth-order valence-corrected chi connectivity index (χ4v) is 1.84. The molecule has 0 fully saturated rings. The summed E-state index contributed by atoms with van der Waals surface area (Å²) in [6.07, 6.45) is 0.905. The van der Waals surface area contributed by atoms with Crippen LogP contribution >= 0.6 is 0 Å². The van der Waals surface area contributed by atoms with Gasteiger partial charge in [0.15, 0.2) is 6.61 Å². The predicted molar refractivity (Wildman–Crippen MR) is 74.6 cm³/mol. The van der Waals surface area contributed by atoms with E-state index in [4.69, 9.17) is 15.2 Å². The zero-order valence-electron chi connectivity index (χ0n) is 11.0. The number of carbonyl (C=O) groups is 1. The maximum absolute atomic E-state index is 11.2. The fraction of sp³-hybridized carbons (Fsp3) is 0.462. The van der Waals surface area contributed by atoms with E-state index in [9.17, 15) is 4.79 Å². The molecule has 0 atom stereocenters. The van der Waals surface area contributed by atoms with Crippen LogP contribution < -0.4 is 21.1 Å². The highest BCUT2D eigenvalue weighted by molar-refractivity contribution is 5.97. The van der Waals surface area contributed by atoms with Gasteiger partial charge in [-0.1, -0.05) is 0 Å². The van der Waals surface area contributed by atoms with E-state index in [0.29, 0.717) is 17.1 Å². The first kappa shape index (κ1) is 13.5. The Balaban J connectivity index is 1.96. The smallest absolute Gasteiger partial charge is 0.262 e. The molecule has 1 amide bonds. The van der Waals surface area contributed by atoms with E-state index in [1.807, 2.05) is 13.0 Å². The number of hydrogen-bond donors (Lipinski definition) is 3. The van der Waals surface area contributed by atoms with Crippen molar-refractivity contribution in [2.75, 3.05) is 42.7 Å². The van der Waals surface area contributed by atoms with E-state index in [1.165, 1.54) is 0 Å². The average molecular weight is 265 g/mol. The fourth-order valence-electron chi connectivity index (χ4n) is 1.84. The minimum atomic E-state index is -0.163. The van der Waals surface area contributed by atoms with Crippen LogP contribution in [0.25, 0.3) is 0 Å². The third kappa shape index (κ3) is 3.51. The number of nitrogens with two attached hydrogens (primary N) is 1. The topological polar surface area (TPSA) is 85.6 Å². The Bertz CT molecular complexity index is 463. The molecule has 1 aromatic carbocycles. The number of anilines is 3. The standard InChI is InChI=1S/C13H19N3O3/c1-2-18-5-3-4-15-10-7-12-11(6-9(10)14)16-13(17)8-19-12/h6-7,15H,2-5,8,14H2,1H3,(H,16,17). The van der Waals surface area contributed by atoms with Crippen molar-refractivity contribution in [3.8, 4) is 5.75 Å². The molecular weight excluding hydrogens is 246 g/mol. The first-order valence-electron chi connectivity index (χ1n) is 6.38. The summed E-state index contributed by atoms with van der Waals surface area (Å²) in [5.74, 6) is 0.477. The molecule has 0 saturated heterocycles. The van der Waals surface area contributed by atoms with Crippen LogP contribution in [0.2, 0.25) is 0 Å². The molecule has 6 nitrogen and oxygen atoms in total. The molecule has 4 N–H and O–H groups in total. The van der Waals surface area contributed by atoms with Crippen molar-refractivity contribution < 1.29 is 14.3 Å². The molecule has 1 aliphatic rings. The van der Waals surface area contributed by atoms with Gasteiger partial charge in [-0.3, -0.25) is 4.79 Å². The van der Waals surface area contributed by atoms with Crippen LogP contribution in [0.1, 0.15) is 13.3 Å². The maximum Gasteiger partial charge on any atom is 0.262 e. The summed E-state index contributed by atoms with van der Waals surface area (Å²) in [7, 11) is 0. The van der Waals surface area contributed by atoms with Gasteiger partial charge in [-0.05, 0) is 19.4 Å². The maximum atomic E-state index is 11.2. The van der Waals surface area contributed by atoms with Gasteiger partial charge in [0, 0.05) is 25.8 Å². The van der Waals surface area contributed by atoms with Crippen molar-refractivity contribution >= 4 is 23.0 Å². The van der Waals surface area contributed by atoms with Crippen molar-refractivity contribution in [3.63, 3.8) is 0 Å². The number of ether oxygens (including phenoxy) is 2. The van der Waals surface area contributed by atoms with E-state index in [-0.39, 0.29) is 12.5 Å². The van der Waals surface area contributed by atoms with Gasteiger partial charge in [-0.15, -0.1) is 0 Å². The molecule has 2 rings (SSSR count). The van der Waals surface area contributed by atoms with Gasteiger partial charge in [-0.2, -0.15) is 0 Å². The SMILES string of the molecule is CCOCCCNc1cc2c(cc1N)NC(=O)CO2. The first-order chi connectivity index (χ1) is 9.20. The lowest BCUT2D eigenvalue weighted by Gasteiger charge is -2.20. The van der Waals surface area contributed by atoms with Crippen LogP contribution in [0, 0.1) is 0 Å². The summed E-state index contributed by atoms with van der Waals surface area (Å²) in [6.45, 7) is 4.24. The zero-order valence-corrected chi connectivity index (χ0v) is 11.0. The number of nitrogens with one attached hydrogen (secondary N) is 2. The number of rotatable bonds is 6. The van der Waals surface area contributed by atoms with E-state index in [2.05, 4.69) is 10.6 Å². The Labute approximate surface area is 112 Å². The van der Waals surface area contributed by atoms with E-state index in [0.717, 1.165) is 31.9 Å². The molecule has 19 heavy (non-hydrogen) atoms. The molecule has 0 radical (unpaired) electrons. The molecule has 104 valence electrons. The molecule has 0 bridgehead atoms. The highest BCUT2D eigenvalue weighted by Gasteiger charge is 2.17. The van der Waals surface area contributed by atoms with Crippen LogP contribution in [0.3, 0.4) is 0 Å². The summed E-state index contributed by atoms with van der Waals surface area (Å²) >= 11 is 0. The first-order valence-corrected chi connectivity index (χ1v) is 6.38. The van der Waals surface area contributed by atoms with Crippen LogP contribution in [0.15, 0.2) is 12.1 Å². The van der Waals surface area contributed by atoms with Gasteiger partial charge in [0.25, 0.3) is 5.91 Å². The minimum absolute atomic E-state index is 0.0424. The molecule has 6 heteroatoms. The summed E-state index contributed by atoms with van der Waals surface area (Å²) in [5, 5.41) is 5.96. The van der Waals surface area contributed by atoms with Gasteiger partial charge in [0.2, 0.25) is 0 Å². The number of fused-ring (bicyclic) bond motifs is 1. The molecule has 0 aliphatic carbocycles. The molecule has 0 spiro atoms. The monoisotopic (exact) mass is 265 g/mol. The van der Waals surface area contributed by atoms with Crippen molar-refractivity contribution in [1.82, 2.24) is 0 Å². The number of nitrogen functional groups attached to an aromatic ring is 1. The summed E-state index contributed by atoms with van der Waals surface area (Å²) in [5.41, 5.74) is 7.95. The summed E-state index contributed by atoms with van der Waals surface area (Å²) < 4.78 is 10.6. The highest BCUT2D eigenvalue weighted by atomic mass is 16.5. The van der Waals surface area contributed by atoms with Gasteiger partial charge in [0.1, 0.15) is 5.75 Å². The molecule has 0 saturated carbocycles. The quantitative estimate of drug-likeness (QED) is 0.535. The lowest BCUT2D eigenvalue weighted by molar-refractivity contribution is -0.118. The molecule has 0 unspecified atom stereocenters. The summed E-state index contributed by atoms with van der Waals surface area (Å²) in [4.78, 5) is 11.2. The van der Waals surface area contributed by atoms with Crippen LogP contribution in [-0.2, 0) is 9.53 Å². The van der Waals surface area contributed by atoms with E-state index in [1.54, 1.807) is 6.07 Å². The van der Waals surface area contributed by atoms with Crippen LogP contribution in [0.4, 0.5) is 17.1 Å². The van der Waals surface area contributed by atoms with Crippen LogP contribution in [0.5, 0.6) is 5.75 Å². The third-order valence-corrected chi connectivity index (χ3v) is 2.77. The second-order valence-corrected chi connectivity index (χ2v) is 4.25. The lowest BCUT2D eigenvalue weighted by atomic mass is 10.2. The van der Waals surface area contributed by atoms with Crippen molar-refractivity contribution in [1.29, 1.82) is 0 Å². The largest absolute Gasteiger partial charge is 0.482 e. The van der Waals surface area contributed by atoms with Gasteiger partial charge >= 0.3 is 0 Å². The summed E-state index contributed by atoms with van der Waals surface area (Å²) in [6, 6.07) is 3.52. The Hall–Kier alpha value is -1.95. The second-order valence-electron chi connectivity index (χ2n) is 4.25. The Morgan fingerprint density at radius 1 is 1.53 bits per heavy atom. The van der Waals surface area contributed by atoms with Gasteiger partial charge in [-0.25, -0.2) is 0 Å². The van der Waals surface area contributed by atoms with Gasteiger partial charge < -0.3 is 25.8 Å². The van der Waals surface area contributed by atoms with Crippen molar-refractivity contribution in [2.24, 2.45) is 0 Å². The molecule has 0 aromatic heterocycles. The number of hydrogen-bond acceptors (Lipinski definition) is 5. The molecule has 1 aromatic rings. The lowest BCUT2D eigenvalue weighted by Crippen LogP contribution is -2.25. The van der Waals surface area contributed by atoms with Crippen LogP contribution in [-0.4, -0.2) is 32.3 Å². The minimum Gasteiger partial charge on any atom is -0.482 e. The third-order valence-electron chi connectivity index (χ3n) is 2.77. The van der Waals surface area contributed by atoms with Crippen molar-refractivity contribution in [2.45, 2.75) is 13.3 Å². The molecule has 1 aliphatic heterocycles. The molecule has 1 heterocycles. The number of benzene rings is 1. The average Bonchev–Trinajstić information content (AvgIpc) is 2.39. The van der Waals surface area contributed by atoms with Gasteiger partial charge in [0.05, 0.1) is 17.1 Å². The highest BCUT2D eigenvalue weighted by Crippen LogP contribution is 2.35. The van der Waals surface area contributed by atoms with E-state index >= 15 is 0 Å². The normalized spacial score (nSPS) is 13.4. The zero-order chi connectivity index (χ0) is 13.7. The number of carbonyl (C=O) groups excluding carboxylic acids is 1. The Morgan fingerprint density at radius 2 is 2.37 bits per heavy atom. The second kappa shape index (κ2) is 6.29. The molecular formula is C13H19N3O3. The van der Waals surface area contributed by atoms with Crippen molar-refractivity contribution in [3.05, 3.63) is 12.1 Å². The Kier molecular flexibility index (Phi) is 4.46.